The van der Waals surface area contributed by atoms with Gasteiger partial charge in [0.1, 0.15) is 0 Å². The molecule has 0 saturated carbocycles. The molecule has 0 radical (unpaired) electrons. The number of alkyl halides is 3. The highest BCUT2D eigenvalue weighted by Crippen LogP contribution is 2.38. The SMILES string of the molecule is O=S(=O)(c1ccc(Cl)cc1C(F)(F)F)N1C[C@H]2CNC[C@H]2C1. The van der Waals surface area contributed by atoms with E-state index in [-0.39, 0.29) is 29.9 Å². The van der Waals surface area contributed by atoms with Crippen LogP contribution in [0.4, 0.5) is 13.2 Å². The first kappa shape index (κ1) is 16.0. The number of rotatable bonds is 2. The van der Waals surface area contributed by atoms with Crippen LogP contribution >= 0.6 is 11.6 Å². The molecule has 0 amide bonds. The first-order chi connectivity index (χ1) is 10.2. The van der Waals surface area contributed by atoms with Crippen molar-refractivity contribution in [3.05, 3.63) is 28.8 Å². The third kappa shape index (κ3) is 2.73. The number of hydrogen-bond donors (Lipinski definition) is 1. The maximum absolute atomic E-state index is 13.1. The Labute approximate surface area is 131 Å². The maximum atomic E-state index is 13.1. The Kier molecular flexibility index (Phi) is 3.91. The molecule has 22 heavy (non-hydrogen) atoms. The van der Waals surface area contributed by atoms with Crippen LogP contribution in [0.2, 0.25) is 5.02 Å². The molecule has 0 bridgehead atoms. The van der Waals surface area contributed by atoms with Crippen molar-refractivity contribution in [2.75, 3.05) is 26.2 Å². The van der Waals surface area contributed by atoms with Crippen molar-refractivity contribution >= 4 is 21.6 Å². The van der Waals surface area contributed by atoms with E-state index in [9.17, 15) is 21.6 Å². The Morgan fingerprint density at radius 3 is 2.32 bits per heavy atom. The van der Waals surface area contributed by atoms with Gasteiger partial charge in [-0.2, -0.15) is 17.5 Å². The molecule has 2 aliphatic rings. The minimum Gasteiger partial charge on any atom is -0.316 e. The fourth-order valence-corrected chi connectivity index (χ4v) is 5.01. The van der Waals surface area contributed by atoms with Gasteiger partial charge in [-0.1, -0.05) is 11.6 Å². The highest BCUT2D eigenvalue weighted by molar-refractivity contribution is 7.89. The van der Waals surface area contributed by atoms with Gasteiger partial charge in [-0.25, -0.2) is 8.42 Å². The molecule has 4 nitrogen and oxygen atoms in total. The summed E-state index contributed by atoms with van der Waals surface area (Å²) in [5.41, 5.74) is -1.21. The number of nitrogens with one attached hydrogen (secondary N) is 1. The first-order valence-electron chi connectivity index (χ1n) is 6.77. The van der Waals surface area contributed by atoms with Crippen molar-refractivity contribution in [2.24, 2.45) is 11.8 Å². The van der Waals surface area contributed by atoms with E-state index in [1.807, 2.05) is 0 Å². The summed E-state index contributed by atoms with van der Waals surface area (Å²) in [5.74, 6) is 0.327. The molecule has 1 N–H and O–H groups in total. The quantitative estimate of drug-likeness (QED) is 0.885. The normalized spacial score (nSPS) is 26.4. The lowest BCUT2D eigenvalue weighted by Crippen LogP contribution is -2.33. The smallest absolute Gasteiger partial charge is 0.316 e. The van der Waals surface area contributed by atoms with Crippen LogP contribution in [-0.2, 0) is 16.2 Å². The summed E-state index contributed by atoms with van der Waals surface area (Å²) >= 11 is 5.59. The lowest BCUT2D eigenvalue weighted by atomic mass is 10.0. The van der Waals surface area contributed by atoms with Crippen molar-refractivity contribution in [3.63, 3.8) is 0 Å². The van der Waals surface area contributed by atoms with Gasteiger partial charge >= 0.3 is 6.18 Å². The van der Waals surface area contributed by atoms with E-state index >= 15 is 0 Å². The van der Waals surface area contributed by atoms with E-state index in [1.54, 1.807) is 0 Å². The zero-order valence-corrected chi connectivity index (χ0v) is 13.0. The second-order valence-electron chi connectivity index (χ2n) is 5.64. The van der Waals surface area contributed by atoms with Gasteiger partial charge in [0.15, 0.2) is 0 Å². The zero-order valence-electron chi connectivity index (χ0n) is 11.4. The van der Waals surface area contributed by atoms with Crippen molar-refractivity contribution in [1.29, 1.82) is 0 Å². The summed E-state index contributed by atoms with van der Waals surface area (Å²) < 4.78 is 65.7. The molecular formula is C13H14ClF3N2O2S. The number of benzene rings is 1. The topological polar surface area (TPSA) is 49.4 Å². The number of nitrogens with zero attached hydrogens (tertiary/aromatic N) is 1. The Bertz CT molecular complexity index is 681. The first-order valence-corrected chi connectivity index (χ1v) is 8.59. The highest BCUT2D eigenvalue weighted by Gasteiger charge is 2.44. The van der Waals surface area contributed by atoms with Crippen LogP contribution in [0.25, 0.3) is 0 Å². The van der Waals surface area contributed by atoms with Gasteiger partial charge < -0.3 is 5.32 Å². The van der Waals surface area contributed by atoms with Gasteiger partial charge in [-0.3, -0.25) is 0 Å². The Morgan fingerprint density at radius 1 is 1.18 bits per heavy atom. The largest absolute Gasteiger partial charge is 0.417 e. The molecule has 2 fully saturated rings. The fraction of sp³-hybridized carbons (Fsp3) is 0.538. The van der Waals surface area contributed by atoms with Crippen LogP contribution in [0, 0.1) is 11.8 Å². The molecule has 3 rings (SSSR count). The zero-order chi connectivity index (χ0) is 16.1. The Balaban J connectivity index is 2.00. The van der Waals surface area contributed by atoms with Crippen molar-refractivity contribution < 1.29 is 21.6 Å². The molecule has 1 aromatic rings. The summed E-state index contributed by atoms with van der Waals surface area (Å²) in [6.07, 6.45) is -4.77. The molecule has 0 aromatic heterocycles. The predicted octanol–water partition coefficient (Wildman–Crippen LogP) is 2.20. The number of fused-ring (bicyclic) bond motifs is 1. The monoisotopic (exact) mass is 354 g/mol. The van der Waals surface area contributed by atoms with Crippen LogP contribution < -0.4 is 5.32 Å². The Morgan fingerprint density at radius 2 is 1.77 bits per heavy atom. The molecule has 0 unspecified atom stereocenters. The van der Waals surface area contributed by atoms with Crippen LogP contribution in [-0.4, -0.2) is 38.9 Å². The number of halogens is 4. The summed E-state index contributed by atoms with van der Waals surface area (Å²) in [6.45, 7) is 1.90. The lowest BCUT2D eigenvalue weighted by molar-refractivity contribution is -0.139. The summed E-state index contributed by atoms with van der Waals surface area (Å²) in [6, 6.07) is 2.77. The fourth-order valence-electron chi connectivity index (χ4n) is 3.10. The third-order valence-corrected chi connectivity index (χ3v) is 6.35. The molecule has 9 heteroatoms. The standard InChI is InChI=1S/C13H14ClF3N2O2S/c14-10-1-2-12(11(3-10)13(15,16)17)22(20,21)19-6-8-4-18-5-9(8)7-19/h1-3,8-9,18H,4-7H2/t8-,9+. The van der Waals surface area contributed by atoms with Gasteiger partial charge in [0.25, 0.3) is 0 Å². The van der Waals surface area contributed by atoms with Crippen LogP contribution in [0.15, 0.2) is 23.1 Å². The van der Waals surface area contributed by atoms with Gasteiger partial charge in [0, 0.05) is 18.1 Å². The minimum atomic E-state index is -4.77. The van der Waals surface area contributed by atoms with E-state index in [4.69, 9.17) is 11.6 Å². The molecular weight excluding hydrogens is 341 g/mol. The van der Waals surface area contributed by atoms with Gasteiger partial charge in [0.05, 0.1) is 10.5 Å². The molecule has 0 spiro atoms. The van der Waals surface area contributed by atoms with E-state index in [0.717, 1.165) is 10.4 Å². The molecule has 0 aliphatic carbocycles. The minimum absolute atomic E-state index is 0.145. The third-order valence-electron chi connectivity index (χ3n) is 4.22. The van der Waals surface area contributed by atoms with E-state index in [0.29, 0.717) is 19.2 Å². The second-order valence-corrected chi connectivity index (χ2v) is 7.98. The molecule has 2 heterocycles. The predicted molar refractivity (Wildman–Crippen MR) is 75.1 cm³/mol. The summed E-state index contributed by atoms with van der Waals surface area (Å²) in [7, 11) is -4.18. The number of hydrogen-bond acceptors (Lipinski definition) is 3. The van der Waals surface area contributed by atoms with Crippen LogP contribution in [0.3, 0.4) is 0 Å². The van der Waals surface area contributed by atoms with Gasteiger partial charge in [-0.15, -0.1) is 0 Å². The molecule has 122 valence electrons. The van der Waals surface area contributed by atoms with Crippen LogP contribution in [0.5, 0.6) is 0 Å². The average Bonchev–Trinajstić information content (AvgIpc) is 2.98. The van der Waals surface area contributed by atoms with Crippen molar-refractivity contribution in [3.8, 4) is 0 Å². The Hall–Kier alpha value is -0.830. The number of sulfonamides is 1. The molecule has 2 aliphatic heterocycles. The maximum Gasteiger partial charge on any atom is 0.417 e. The van der Waals surface area contributed by atoms with E-state index < -0.39 is 26.7 Å². The van der Waals surface area contributed by atoms with Crippen molar-refractivity contribution in [1.82, 2.24) is 9.62 Å². The van der Waals surface area contributed by atoms with Crippen molar-refractivity contribution in [2.45, 2.75) is 11.1 Å². The second kappa shape index (κ2) is 5.36. The van der Waals surface area contributed by atoms with Gasteiger partial charge in [0.2, 0.25) is 10.0 Å². The lowest BCUT2D eigenvalue weighted by Gasteiger charge is -2.20. The van der Waals surface area contributed by atoms with Gasteiger partial charge in [-0.05, 0) is 43.1 Å². The highest BCUT2D eigenvalue weighted by atomic mass is 35.5. The summed E-state index contributed by atoms with van der Waals surface area (Å²) in [5, 5.41) is 3.02. The van der Waals surface area contributed by atoms with Crippen LogP contribution in [0.1, 0.15) is 5.56 Å². The molecule has 2 saturated heterocycles. The van der Waals surface area contributed by atoms with E-state index in [1.165, 1.54) is 6.07 Å². The van der Waals surface area contributed by atoms with E-state index in [2.05, 4.69) is 5.32 Å². The molecule has 2 atom stereocenters. The summed E-state index contributed by atoms with van der Waals surface area (Å²) in [4.78, 5) is -0.725. The average molecular weight is 355 g/mol. The molecule has 1 aromatic carbocycles.